The molecular weight excluding hydrogens is 276 g/mol. The van der Waals surface area contributed by atoms with E-state index in [1.807, 2.05) is 36.5 Å². The monoisotopic (exact) mass is 290 g/mol. The van der Waals surface area contributed by atoms with Gasteiger partial charge in [0, 0.05) is 29.0 Å². The van der Waals surface area contributed by atoms with E-state index in [2.05, 4.69) is 32.2 Å². The molecule has 0 amide bonds. The summed E-state index contributed by atoms with van der Waals surface area (Å²) in [5, 5.41) is 5.22. The average Bonchev–Trinajstić information content (AvgIpc) is 3.17. The highest BCUT2D eigenvalue weighted by molar-refractivity contribution is 5.83. The fourth-order valence-corrected chi connectivity index (χ4v) is 2.54. The molecule has 0 bridgehead atoms. The summed E-state index contributed by atoms with van der Waals surface area (Å²) in [5.74, 6) is 1.28. The van der Waals surface area contributed by atoms with E-state index in [1.165, 1.54) is 5.39 Å². The second-order valence-electron chi connectivity index (χ2n) is 5.14. The van der Waals surface area contributed by atoms with Crippen LogP contribution in [-0.2, 0) is 12.8 Å². The van der Waals surface area contributed by atoms with Gasteiger partial charge in [-0.25, -0.2) is 0 Å². The number of benzene rings is 1. The van der Waals surface area contributed by atoms with E-state index in [4.69, 9.17) is 4.52 Å². The molecule has 0 aliphatic heterocycles. The van der Waals surface area contributed by atoms with Gasteiger partial charge in [0.15, 0.2) is 5.82 Å². The molecule has 108 valence electrons. The van der Waals surface area contributed by atoms with Crippen LogP contribution in [0.5, 0.6) is 0 Å². The first-order chi connectivity index (χ1) is 10.9. The van der Waals surface area contributed by atoms with E-state index in [9.17, 15) is 0 Å². The Kier molecular flexibility index (Phi) is 3.16. The molecule has 1 N–H and O–H groups in total. The summed E-state index contributed by atoms with van der Waals surface area (Å²) in [6, 6.07) is 14.0. The van der Waals surface area contributed by atoms with Gasteiger partial charge in [-0.15, -0.1) is 0 Å². The number of hydrogen-bond donors (Lipinski definition) is 1. The van der Waals surface area contributed by atoms with Crippen molar-refractivity contribution in [2.45, 2.75) is 12.8 Å². The maximum Gasteiger partial charge on any atom is 0.231 e. The number of H-pyrrole nitrogens is 1. The largest absolute Gasteiger partial charge is 0.361 e. The van der Waals surface area contributed by atoms with Gasteiger partial charge >= 0.3 is 0 Å². The molecule has 22 heavy (non-hydrogen) atoms. The van der Waals surface area contributed by atoms with Gasteiger partial charge in [0.25, 0.3) is 0 Å². The maximum absolute atomic E-state index is 5.36. The van der Waals surface area contributed by atoms with Gasteiger partial charge in [-0.3, -0.25) is 4.98 Å². The Morgan fingerprint density at radius 1 is 1.00 bits per heavy atom. The number of pyridine rings is 1. The van der Waals surface area contributed by atoms with Crippen molar-refractivity contribution in [1.82, 2.24) is 20.1 Å². The Labute approximate surface area is 127 Å². The summed E-state index contributed by atoms with van der Waals surface area (Å²) in [6.07, 6.45) is 4.97. The highest BCUT2D eigenvalue weighted by Gasteiger charge is 2.11. The highest BCUT2D eigenvalue weighted by atomic mass is 16.5. The standard InChI is InChI=1S/C17H14N4O/c1-2-7-15-14(6-1)12(11-19-15)9-17-20-16(21-22-17)10-13-5-3-4-8-18-13/h1-8,11,19H,9-10H2. The molecular formula is C17H14N4O. The predicted octanol–water partition coefficient (Wildman–Crippen LogP) is 3.13. The zero-order chi connectivity index (χ0) is 14.8. The minimum Gasteiger partial charge on any atom is -0.361 e. The molecule has 0 radical (unpaired) electrons. The molecule has 0 saturated carbocycles. The average molecular weight is 290 g/mol. The number of hydrogen-bond acceptors (Lipinski definition) is 4. The number of rotatable bonds is 4. The first kappa shape index (κ1) is 12.8. The Balaban J connectivity index is 1.54. The van der Waals surface area contributed by atoms with E-state index in [-0.39, 0.29) is 0 Å². The quantitative estimate of drug-likeness (QED) is 0.627. The van der Waals surface area contributed by atoms with Gasteiger partial charge < -0.3 is 9.51 Å². The minimum atomic E-state index is 0.582. The summed E-state index contributed by atoms with van der Waals surface area (Å²) < 4.78 is 5.36. The molecule has 0 fully saturated rings. The molecule has 4 rings (SSSR count). The summed E-state index contributed by atoms with van der Waals surface area (Å²) in [7, 11) is 0. The van der Waals surface area contributed by atoms with Crippen LogP contribution in [0.1, 0.15) is 23.0 Å². The summed E-state index contributed by atoms with van der Waals surface area (Å²) >= 11 is 0. The third-order valence-electron chi connectivity index (χ3n) is 3.59. The van der Waals surface area contributed by atoms with Crippen LogP contribution in [0.4, 0.5) is 0 Å². The van der Waals surface area contributed by atoms with Gasteiger partial charge in [-0.2, -0.15) is 4.98 Å². The third kappa shape index (κ3) is 2.48. The first-order valence-corrected chi connectivity index (χ1v) is 7.15. The molecule has 3 heterocycles. The van der Waals surface area contributed by atoms with Crippen LogP contribution < -0.4 is 0 Å². The Bertz CT molecular complexity index is 895. The lowest BCUT2D eigenvalue weighted by molar-refractivity contribution is 0.380. The number of aromatic nitrogens is 4. The number of fused-ring (bicyclic) bond motifs is 1. The van der Waals surface area contributed by atoms with Crippen LogP contribution >= 0.6 is 0 Å². The number of para-hydroxylation sites is 1. The van der Waals surface area contributed by atoms with Crippen molar-refractivity contribution in [3.63, 3.8) is 0 Å². The highest BCUT2D eigenvalue weighted by Crippen LogP contribution is 2.20. The summed E-state index contributed by atoms with van der Waals surface area (Å²) in [6.45, 7) is 0. The maximum atomic E-state index is 5.36. The first-order valence-electron chi connectivity index (χ1n) is 7.15. The molecule has 0 aliphatic carbocycles. The minimum absolute atomic E-state index is 0.582. The van der Waals surface area contributed by atoms with Crippen molar-refractivity contribution in [1.29, 1.82) is 0 Å². The zero-order valence-electron chi connectivity index (χ0n) is 11.9. The van der Waals surface area contributed by atoms with Crippen molar-refractivity contribution in [2.75, 3.05) is 0 Å². The van der Waals surface area contributed by atoms with Crippen LogP contribution in [0.3, 0.4) is 0 Å². The van der Waals surface area contributed by atoms with Crippen LogP contribution in [0.2, 0.25) is 0 Å². The molecule has 0 saturated heterocycles. The number of nitrogens with one attached hydrogen (secondary N) is 1. The predicted molar refractivity (Wildman–Crippen MR) is 82.4 cm³/mol. The van der Waals surface area contributed by atoms with Crippen LogP contribution in [-0.4, -0.2) is 20.1 Å². The summed E-state index contributed by atoms with van der Waals surface area (Å²) in [4.78, 5) is 12.0. The van der Waals surface area contributed by atoms with Gasteiger partial charge in [0.2, 0.25) is 5.89 Å². The van der Waals surface area contributed by atoms with Crippen molar-refractivity contribution in [2.24, 2.45) is 0 Å². The van der Waals surface area contributed by atoms with Crippen molar-refractivity contribution >= 4 is 10.9 Å². The lowest BCUT2D eigenvalue weighted by Crippen LogP contribution is -1.94. The van der Waals surface area contributed by atoms with Gasteiger partial charge in [-0.05, 0) is 23.8 Å². The van der Waals surface area contributed by atoms with Crippen LogP contribution in [0.25, 0.3) is 10.9 Å². The fourth-order valence-electron chi connectivity index (χ4n) is 2.54. The van der Waals surface area contributed by atoms with E-state index >= 15 is 0 Å². The Morgan fingerprint density at radius 3 is 2.82 bits per heavy atom. The van der Waals surface area contributed by atoms with Crippen LogP contribution in [0.15, 0.2) is 59.4 Å². The Morgan fingerprint density at radius 2 is 1.91 bits per heavy atom. The number of aromatic amines is 1. The molecule has 5 nitrogen and oxygen atoms in total. The molecule has 4 aromatic rings. The topological polar surface area (TPSA) is 67.6 Å². The van der Waals surface area contributed by atoms with E-state index in [1.54, 1.807) is 6.20 Å². The van der Waals surface area contributed by atoms with Gasteiger partial charge in [0.1, 0.15) is 0 Å². The molecule has 5 heteroatoms. The second-order valence-corrected chi connectivity index (χ2v) is 5.14. The lowest BCUT2D eigenvalue weighted by atomic mass is 10.1. The molecule has 0 spiro atoms. The van der Waals surface area contributed by atoms with Crippen molar-refractivity contribution < 1.29 is 4.52 Å². The molecule has 1 aromatic carbocycles. The number of nitrogens with zero attached hydrogens (tertiary/aromatic N) is 3. The molecule has 0 aliphatic rings. The van der Waals surface area contributed by atoms with Crippen molar-refractivity contribution in [3.8, 4) is 0 Å². The normalized spacial score (nSPS) is 11.1. The third-order valence-corrected chi connectivity index (χ3v) is 3.59. The second kappa shape index (κ2) is 5.44. The molecule has 3 aromatic heterocycles. The van der Waals surface area contributed by atoms with Gasteiger partial charge in [-0.1, -0.05) is 29.4 Å². The summed E-state index contributed by atoms with van der Waals surface area (Å²) in [5.41, 5.74) is 3.20. The Hall–Kier alpha value is -2.95. The lowest BCUT2D eigenvalue weighted by Gasteiger charge is -1.94. The van der Waals surface area contributed by atoms with Crippen molar-refractivity contribution in [3.05, 3.63) is 77.8 Å². The zero-order valence-corrected chi connectivity index (χ0v) is 11.9. The van der Waals surface area contributed by atoms with Gasteiger partial charge in [0.05, 0.1) is 12.8 Å². The van der Waals surface area contributed by atoms with Crippen LogP contribution in [0, 0.1) is 0 Å². The van der Waals surface area contributed by atoms with E-state index < -0.39 is 0 Å². The smallest absolute Gasteiger partial charge is 0.231 e. The molecule has 0 unspecified atom stereocenters. The van der Waals surface area contributed by atoms with E-state index in [0.717, 1.165) is 16.8 Å². The fraction of sp³-hybridized carbons (Fsp3) is 0.118. The molecule has 0 atom stereocenters. The SMILES string of the molecule is c1ccc(Cc2noc(Cc3c[nH]c4ccccc34)n2)nc1. The van der Waals surface area contributed by atoms with E-state index in [0.29, 0.717) is 24.6 Å².